The van der Waals surface area contributed by atoms with Gasteiger partial charge in [-0.3, -0.25) is 14.9 Å². The van der Waals surface area contributed by atoms with Crippen LogP contribution in [-0.4, -0.2) is 75.3 Å². The van der Waals surface area contributed by atoms with E-state index in [9.17, 15) is 9.59 Å². The van der Waals surface area contributed by atoms with Crippen LogP contribution in [0.3, 0.4) is 0 Å². The minimum Gasteiger partial charge on any atom is -0.493 e. The van der Waals surface area contributed by atoms with Gasteiger partial charge in [0.05, 0.1) is 61.4 Å². The molecule has 2 N–H and O–H groups in total. The third-order valence-electron chi connectivity index (χ3n) is 7.05. The summed E-state index contributed by atoms with van der Waals surface area (Å²) >= 11 is 0. The Morgan fingerprint density at radius 1 is 0.795 bits per heavy atom. The molecule has 204 valence electrons. The average molecular weight is 533 g/mol. The van der Waals surface area contributed by atoms with Crippen LogP contribution in [0.15, 0.2) is 36.7 Å². The van der Waals surface area contributed by atoms with E-state index < -0.39 is 11.8 Å². The predicted octanol–water partition coefficient (Wildman–Crippen LogP) is 3.68. The molecule has 4 aromatic rings. The van der Waals surface area contributed by atoms with Gasteiger partial charge < -0.3 is 33.4 Å². The number of hydrogen-bond acceptors (Lipinski definition) is 7. The number of nitrogens with zero attached hydrogens (tertiary/aromatic N) is 2. The molecule has 0 spiro atoms. The molecule has 0 aliphatic carbocycles. The molecule has 39 heavy (non-hydrogen) atoms. The number of aromatic amines is 1. The van der Waals surface area contributed by atoms with Gasteiger partial charge in [-0.05, 0) is 51.3 Å². The number of amides is 2. The Hall–Kier alpha value is -4.44. The van der Waals surface area contributed by atoms with Crippen molar-refractivity contribution in [3.8, 4) is 23.0 Å². The second-order valence-electron chi connectivity index (χ2n) is 9.55. The summed E-state index contributed by atoms with van der Waals surface area (Å²) in [6, 6.07) is 7.43. The number of carbonyl (C=O) groups excluding carboxylic acids is 2. The van der Waals surface area contributed by atoms with E-state index in [1.54, 1.807) is 40.7 Å². The fourth-order valence-electron chi connectivity index (χ4n) is 5.34. The Balaban J connectivity index is 1.83. The van der Waals surface area contributed by atoms with Crippen molar-refractivity contribution in [2.75, 3.05) is 49.1 Å². The van der Waals surface area contributed by atoms with E-state index in [0.29, 0.717) is 51.4 Å². The Morgan fingerprint density at radius 3 is 2.03 bits per heavy atom. The Labute approximate surface area is 226 Å². The van der Waals surface area contributed by atoms with Gasteiger partial charge in [-0.15, -0.1) is 0 Å². The molecule has 0 atom stereocenters. The van der Waals surface area contributed by atoms with Gasteiger partial charge in [0.1, 0.15) is 0 Å². The maximum Gasteiger partial charge on any atom is 0.259 e. The molecule has 1 aliphatic rings. The van der Waals surface area contributed by atoms with Crippen molar-refractivity contribution < 1.29 is 28.5 Å². The van der Waals surface area contributed by atoms with E-state index in [4.69, 9.17) is 18.9 Å². The van der Waals surface area contributed by atoms with Gasteiger partial charge in [-0.2, -0.15) is 0 Å². The van der Waals surface area contributed by atoms with Crippen molar-refractivity contribution in [2.24, 2.45) is 0 Å². The summed E-state index contributed by atoms with van der Waals surface area (Å²) in [5.41, 5.74) is 3.24. The van der Waals surface area contributed by atoms with Gasteiger partial charge >= 0.3 is 0 Å². The van der Waals surface area contributed by atoms with E-state index in [1.807, 2.05) is 38.5 Å². The fourth-order valence-corrected chi connectivity index (χ4v) is 5.34. The van der Waals surface area contributed by atoms with Crippen molar-refractivity contribution in [2.45, 2.75) is 13.0 Å². The molecule has 1 aliphatic heterocycles. The van der Waals surface area contributed by atoms with Crippen LogP contribution in [-0.2, 0) is 16.1 Å². The minimum absolute atomic E-state index is 0.245. The molecule has 10 heteroatoms. The number of fused-ring (bicyclic) bond motifs is 2. The lowest BCUT2D eigenvalue weighted by Crippen LogP contribution is -2.22. The maximum atomic E-state index is 13.5. The standard InChI is InChI=1S/C29H32N4O6/c1-32(2)12-7-13-33-15-17(23-19(33)9-11-21(37-4)27(23)39-6)25-24(28(34)31-29(25)35)16-14-30-18-8-10-20(36-3)26(38-5)22(16)18/h8-11,14-15,30H,7,12-13H2,1-6H3,(H,31,34,35). The Kier molecular flexibility index (Phi) is 6.96. The first kappa shape index (κ1) is 26.2. The van der Waals surface area contributed by atoms with Crippen molar-refractivity contribution in [3.05, 3.63) is 47.8 Å². The zero-order valence-electron chi connectivity index (χ0n) is 22.9. The molecule has 2 amide bonds. The molecule has 0 saturated carbocycles. The number of hydrogen-bond donors (Lipinski definition) is 2. The first-order valence-corrected chi connectivity index (χ1v) is 12.6. The maximum absolute atomic E-state index is 13.5. The lowest BCUT2D eigenvalue weighted by molar-refractivity contribution is -0.122. The van der Waals surface area contributed by atoms with Crippen molar-refractivity contribution in [1.82, 2.24) is 19.8 Å². The van der Waals surface area contributed by atoms with Crippen LogP contribution in [0.2, 0.25) is 0 Å². The molecule has 2 aromatic heterocycles. The number of methoxy groups -OCH3 is 4. The highest BCUT2D eigenvalue weighted by atomic mass is 16.5. The van der Waals surface area contributed by atoms with E-state index in [0.717, 1.165) is 24.0 Å². The third-order valence-corrected chi connectivity index (χ3v) is 7.05. The summed E-state index contributed by atoms with van der Waals surface area (Å²) in [7, 11) is 10.3. The van der Waals surface area contributed by atoms with Crippen LogP contribution in [0.5, 0.6) is 23.0 Å². The molecular weight excluding hydrogens is 500 g/mol. The quantitative estimate of drug-likeness (QED) is 0.300. The number of aromatic nitrogens is 2. The van der Waals surface area contributed by atoms with Crippen LogP contribution < -0.4 is 24.3 Å². The number of nitrogens with one attached hydrogen (secondary N) is 2. The number of benzene rings is 2. The van der Waals surface area contributed by atoms with E-state index in [1.165, 1.54) is 0 Å². The van der Waals surface area contributed by atoms with Crippen LogP contribution in [0.4, 0.5) is 0 Å². The lowest BCUT2D eigenvalue weighted by Gasteiger charge is -2.12. The number of imide groups is 1. The predicted molar refractivity (Wildman–Crippen MR) is 150 cm³/mol. The van der Waals surface area contributed by atoms with Gasteiger partial charge in [0.25, 0.3) is 11.8 Å². The Bertz CT molecular complexity index is 1630. The summed E-state index contributed by atoms with van der Waals surface area (Å²) in [6.45, 7) is 1.60. The minimum atomic E-state index is -0.490. The molecule has 2 aromatic carbocycles. The highest BCUT2D eigenvalue weighted by molar-refractivity contribution is 6.51. The first-order chi connectivity index (χ1) is 18.8. The summed E-state index contributed by atoms with van der Waals surface area (Å²) in [6.07, 6.45) is 4.53. The zero-order chi connectivity index (χ0) is 27.8. The molecule has 3 heterocycles. The van der Waals surface area contributed by atoms with Crippen LogP contribution in [0.1, 0.15) is 17.5 Å². The van der Waals surface area contributed by atoms with Gasteiger partial charge in [-0.1, -0.05) is 0 Å². The average Bonchev–Trinajstić information content (AvgIpc) is 3.59. The van der Waals surface area contributed by atoms with E-state index >= 15 is 0 Å². The smallest absolute Gasteiger partial charge is 0.259 e. The molecule has 0 fully saturated rings. The molecule has 5 rings (SSSR count). The molecule has 0 bridgehead atoms. The number of carbonyl (C=O) groups is 2. The van der Waals surface area contributed by atoms with Gasteiger partial charge in [0, 0.05) is 30.1 Å². The van der Waals surface area contributed by atoms with Gasteiger partial charge in [0.2, 0.25) is 0 Å². The lowest BCUT2D eigenvalue weighted by atomic mass is 9.95. The molecule has 0 radical (unpaired) electrons. The van der Waals surface area contributed by atoms with Crippen molar-refractivity contribution >= 4 is 44.8 Å². The monoisotopic (exact) mass is 532 g/mol. The fraction of sp³-hybridized carbons (Fsp3) is 0.310. The summed E-state index contributed by atoms with van der Waals surface area (Å²) in [4.78, 5) is 32.2. The van der Waals surface area contributed by atoms with Gasteiger partial charge in [-0.25, -0.2) is 0 Å². The highest BCUT2D eigenvalue weighted by Crippen LogP contribution is 2.46. The number of aryl methyl sites for hydroxylation is 1. The SMILES string of the molecule is COc1ccc2[nH]cc(C3=C(c4cn(CCCN(C)C)c5ccc(OC)c(OC)c45)C(=O)NC3=O)c2c1OC. The van der Waals surface area contributed by atoms with Crippen molar-refractivity contribution in [3.63, 3.8) is 0 Å². The Morgan fingerprint density at radius 2 is 1.41 bits per heavy atom. The second kappa shape index (κ2) is 10.4. The second-order valence-corrected chi connectivity index (χ2v) is 9.55. The van der Waals surface area contributed by atoms with Crippen LogP contribution in [0, 0.1) is 0 Å². The number of rotatable bonds is 10. The molecular formula is C29H32N4O6. The first-order valence-electron chi connectivity index (χ1n) is 12.6. The summed E-state index contributed by atoms with van der Waals surface area (Å²) in [5.74, 6) is 1.04. The van der Waals surface area contributed by atoms with Crippen molar-refractivity contribution in [1.29, 1.82) is 0 Å². The van der Waals surface area contributed by atoms with Crippen LogP contribution >= 0.6 is 0 Å². The normalized spacial score (nSPS) is 13.6. The topological polar surface area (TPSA) is 107 Å². The van der Waals surface area contributed by atoms with Crippen LogP contribution in [0.25, 0.3) is 33.0 Å². The number of ether oxygens (including phenoxy) is 4. The van der Waals surface area contributed by atoms with E-state index in [2.05, 4.69) is 19.8 Å². The van der Waals surface area contributed by atoms with E-state index in [-0.39, 0.29) is 11.1 Å². The zero-order valence-corrected chi connectivity index (χ0v) is 22.9. The molecule has 10 nitrogen and oxygen atoms in total. The summed E-state index contributed by atoms with van der Waals surface area (Å²) in [5, 5.41) is 3.85. The number of H-pyrrole nitrogens is 1. The highest BCUT2D eigenvalue weighted by Gasteiger charge is 2.37. The molecule has 0 saturated heterocycles. The molecule has 0 unspecified atom stereocenters. The summed E-state index contributed by atoms with van der Waals surface area (Å²) < 4.78 is 24.7. The third kappa shape index (κ3) is 4.26. The largest absolute Gasteiger partial charge is 0.493 e. The van der Waals surface area contributed by atoms with Gasteiger partial charge in [0.15, 0.2) is 23.0 Å².